The SMILES string of the molecule is CNC(c1ccc(C(C)C)cc1)C(C)N. The highest BCUT2D eigenvalue weighted by Gasteiger charge is 2.13. The molecule has 0 saturated heterocycles. The topological polar surface area (TPSA) is 38.0 Å². The first kappa shape index (κ1) is 12.2. The van der Waals surface area contributed by atoms with Crippen molar-refractivity contribution in [2.24, 2.45) is 5.73 Å². The Kier molecular flexibility index (Phi) is 4.30. The first-order valence-corrected chi connectivity index (χ1v) is 5.59. The Morgan fingerprint density at radius 3 is 1.80 bits per heavy atom. The minimum absolute atomic E-state index is 0.125. The standard InChI is InChI=1S/C13H22N2/c1-9(2)11-5-7-12(8-6-11)13(15-4)10(3)14/h5-10,13,15H,14H2,1-4H3. The molecular weight excluding hydrogens is 184 g/mol. The summed E-state index contributed by atoms with van der Waals surface area (Å²) in [6, 6.07) is 9.07. The molecule has 0 aliphatic carbocycles. The second kappa shape index (κ2) is 5.29. The molecule has 0 heterocycles. The molecule has 15 heavy (non-hydrogen) atoms. The van der Waals surface area contributed by atoms with Crippen LogP contribution in [0.4, 0.5) is 0 Å². The average molecular weight is 206 g/mol. The highest BCUT2D eigenvalue weighted by Crippen LogP contribution is 2.19. The van der Waals surface area contributed by atoms with Gasteiger partial charge in [-0.25, -0.2) is 0 Å². The molecule has 1 aromatic rings. The van der Waals surface area contributed by atoms with Gasteiger partial charge in [0.05, 0.1) is 0 Å². The first-order valence-electron chi connectivity index (χ1n) is 5.59. The van der Waals surface area contributed by atoms with E-state index in [-0.39, 0.29) is 12.1 Å². The quantitative estimate of drug-likeness (QED) is 0.794. The summed E-state index contributed by atoms with van der Waals surface area (Å²) in [5.41, 5.74) is 8.55. The molecule has 1 rings (SSSR count). The lowest BCUT2D eigenvalue weighted by Crippen LogP contribution is -2.33. The summed E-state index contributed by atoms with van der Waals surface area (Å²) < 4.78 is 0. The van der Waals surface area contributed by atoms with Crippen molar-refractivity contribution in [2.45, 2.75) is 38.8 Å². The van der Waals surface area contributed by atoms with E-state index in [1.807, 2.05) is 14.0 Å². The smallest absolute Gasteiger partial charge is 0.0468 e. The summed E-state index contributed by atoms with van der Waals surface area (Å²) in [5.74, 6) is 0.586. The molecule has 0 aromatic heterocycles. The second-order valence-corrected chi connectivity index (χ2v) is 4.45. The van der Waals surface area contributed by atoms with Gasteiger partial charge in [-0.05, 0) is 31.0 Å². The summed E-state index contributed by atoms with van der Waals surface area (Å²) in [7, 11) is 1.95. The average Bonchev–Trinajstić information content (AvgIpc) is 2.19. The zero-order valence-electron chi connectivity index (χ0n) is 10.1. The van der Waals surface area contributed by atoms with Crippen LogP contribution in [-0.4, -0.2) is 13.1 Å². The van der Waals surface area contributed by atoms with Gasteiger partial charge >= 0.3 is 0 Å². The third-order valence-electron chi connectivity index (χ3n) is 2.80. The summed E-state index contributed by atoms with van der Waals surface area (Å²) in [6.07, 6.45) is 0. The van der Waals surface area contributed by atoms with Crippen molar-refractivity contribution in [3.63, 3.8) is 0 Å². The fourth-order valence-electron chi connectivity index (χ4n) is 1.82. The molecule has 0 radical (unpaired) electrons. The Morgan fingerprint density at radius 2 is 1.47 bits per heavy atom. The molecule has 0 saturated carbocycles. The zero-order valence-corrected chi connectivity index (χ0v) is 10.1. The molecule has 0 aliphatic rings. The van der Waals surface area contributed by atoms with E-state index in [0.717, 1.165) is 0 Å². The Balaban J connectivity index is 2.87. The van der Waals surface area contributed by atoms with E-state index in [2.05, 4.69) is 43.4 Å². The third-order valence-corrected chi connectivity index (χ3v) is 2.80. The monoisotopic (exact) mass is 206 g/mol. The summed E-state index contributed by atoms with van der Waals surface area (Å²) in [4.78, 5) is 0. The van der Waals surface area contributed by atoms with Crippen LogP contribution in [0.15, 0.2) is 24.3 Å². The van der Waals surface area contributed by atoms with Crippen molar-refractivity contribution in [1.29, 1.82) is 0 Å². The van der Waals surface area contributed by atoms with Crippen LogP contribution in [0, 0.1) is 0 Å². The Labute approximate surface area is 92.9 Å². The zero-order chi connectivity index (χ0) is 11.4. The fourth-order valence-corrected chi connectivity index (χ4v) is 1.82. The predicted octanol–water partition coefficient (Wildman–Crippen LogP) is 2.42. The van der Waals surface area contributed by atoms with Gasteiger partial charge in [0.1, 0.15) is 0 Å². The number of hydrogen-bond donors (Lipinski definition) is 2. The molecule has 0 spiro atoms. The van der Waals surface area contributed by atoms with Gasteiger partial charge in [-0.2, -0.15) is 0 Å². The van der Waals surface area contributed by atoms with Gasteiger partial charge in [0.15, 0.2) is 0 Å². The van der Waals surface area contributed by atoms with Crippen LogP contribution >= 0.6 is 0 Å². The molecule has 0 bridgehead atoms. The Morgan fingerprint density at radius 1 is 1.00 bits per heavy atom. The van der Waals surface area contributed by atoms with E-state index in [0.29, 0.717) is 5.92 Å². The molecule has 2 atom stereocenters. The van der Waals surface area contributed by atoms with Gasteiger partial charge in [-0.1, -0.05) is 38.1 Å². The van der Waals surface area contributed by atoms with Gasteiger partial charge in [0.2, 0.25) is 0 Å². The summed E-state index contributed by atoms with van der Waals surface area (Å²) >= 11 is 0. The van der Waals surface area contributed by atoms with Gasteiger partial charge < -0.3 is 11.1 Å². The predicted molar refractivity (Wildman–Crippen MR) is 66.0 cm³/mol. The van der Waals surface area contributed by atoms with Crippen LogP contribution in [0.3, 0.4) is 0 Å². The third kappa shape index (κ3) is 3.05. The maximum atomic E-state index is 5.91. The van der Waals surface area contributed by atoms with Crippen molar-refractivity contribution in [3.8, 4) is 0 Å². The molecule has 84 valence electrons. The number of nitrogens with one attached hydrogen (secondary N) is 1. The van der Waals surface area contributed by atoms with Gasteiger partial charge in [-0.15, -0.1) is 0 Å². The van der Waals surface area contributed by atoms with E-state index < -0.39 is 0 Å². The Bertz CT molecular complexity index is 288. The number of nitrogens with two attached hydrogens (primary N) is 1. The van der Waals surface area contributed by atoms with Crippen LogP contribution in [0.2, 0.25) is 0 Å². The molecule has 2 unspecified atom stereocenters. The number of hydrogen-bond acceptors (Lipinski definition) is 2. The normalized spacial score (nSPS) is 15.3. The maximum absolute atomic E-state index is 5.91. The van der Waals surface area contributed by atoms with Crippen LogP contribution in [0.5, 0.6) is 0 Å². The van der Waals surface area contributed by atoms with Gasteiger partial charge in [-0.3, -0.25) is 0 Å². The minimum atomic E-state index is 0.125. The molecule has 0 aliphatic heterocycles. The first-order chi connectivity index (χ1) is 7.06. The lowest BCUT2D eigenvalue weighted by atomic mass is 9.96. The van der Waals surface area contributed by atoms with Crippen molar-refractivity contribution >= 4 is 0 Å². The molecule has 0 amide bonds. The van der Waals surface area contributed by atoms with Crippen molar-refractivity contribution in [2.75, 3.05) is 7.05 Å². The van der Waals surface area contributed by atoms with Crippen molar-refractivity contribution in [1.82, 2.24) is 5.32 Å². The highest BCUT2D eigenvalue weighted by atomic mass is 14.9. The number of benzene rings is 1. The number of rotatable bonds is 4. The van der Waals surface area contributed by atoms with E-state index in [1.165, 1.54) is 11.1 Å². The summed E-state index contributed by atoms with van der Waals surface area (Å²) in [6.45, 7) is 6.43. The molecule has 1 aromatic carbocycles. The van der Waals surface area contributed by atoms with E-state index in [9.17, 15) is 0 Å². The van der Waals surface area contributed by atoms with Crippen molar-refractivity contribution in [3.05, 3.63) is 35.4 Å². The maximum Gasteiger partial charge on any atom is 0.0468 e. The summed E-state index contributed by atoms with van der Waals surface area (Å²) in [5, 5.41) is 3.24. The molecule has 3 N–H and O–H groups in total. The van der Waals surface area contributed by atoms with E-state index in [4.69, 9.17) is 5.73 Å². The largest absolute Gasteiger partial charge is 0.326 e. The van der Waals surface area contributed by atoms with Crippen LogP contribution in [-0.2, 0) is 0 Å². The molecule has 0 fully saturated rings. The van der Waals surface area contributed by atoms with E-state index >= 15 is 0 Å². The van der Waals surface area contributed by atoms with Gasteiger partial charge in [0, 0.05) is 12.1 Å². The van der Waals surface area contributed by atoms with Crippen LogP contribution in [0.25, 0.3) is 0 Å². The lowest BCUT2D eigenvalue weighted by molar-refractivity contribution is 0.503. The lowest BCUT2D eigenvalue weighted by Gasteiger charge is -2.21. The number of likely N-dealkylation sites (N-methyl/N-ethyl adjacent to an activating group) is 1. The fraction of sp³-hybridized carbons (Fsp3) is 0.538. The van der Waals surface area contributed by atoms with Crippen LogP contribution < -0.4 is 11.1 Å². The van der Waals surface area contributed by atoms with Crippen molar-refractivity contribution < 1.29 is 0 Å². The van der Waals surface area contributed by atoms with E-state index in [1.54, 1.807) is 0 Å². The van der Waals surface area contributed by atoms with Gasteiger partial charge in [0.25, 0.3) is 0 Å². The molecule has 2 nitrogen and oxygen atoms in total. The minimum Gasteiger partial charge on any atom is -0.326 e. The molecular formula is C13H22N2. The Hall–Kier alpha value is -0.860. The molecule has 2 heteroatoms. The van der Waals surface area contributed by atoms with Crippen LogP contribution in [0.1, 0.15) is 43.9 Å². The highest BCUT2D eigenvalue weighted by molar-refractivity contribution is 5.27. The second-order valence-electron chi connectivity index (χ2n) is 4.45.